The monoisotopic (exact) mass is 497 g/mol. The van der Waals surface area contributed by atoms with Gasteiger partial charge >= 0.3 is 5.97 Å². The number of carbonyl (C=O) groups is 3. The van der Waals surface area contributed by atoms with Crippen molar-refractivity contribution in [2.45, 2.75) is 12.5 Å². The molecule has 1 aliphatic heterocycles. The number of thiocarbonyl (C=S) groups is 1. The van der Waals surface area contributed by atoms with E-state index in [2.05, 4.69) is 10.6 Å². The molecule has 1 fully saturated rings. The van der Waals surface area contributed by atoms with Crippen LogP contribution in [0.3, 0.4) is 0 Å². The third-order valence-electron chi connectivity index (χ3n) is 5.08. The van der Waals surface area contributed by atoms with E-state index in [1.54, 1.807) is 37.5 Å². The largest absolute Gasteiger partial charge is 0.497 e. The smallest absolute Gasteiger partial charge is 0.308 e. The van der Waals surface area contributed by atoms with E-state index in [-0.39, 0.29) is 30.7 Å². The number of benzene rings is 2. The normalized spacial score (nSPS) is 15.3. The second-order valence-corrected chi connectivity index (χ2v) is 7.87. The van der Waals surface area contributed by atoms with Crippen LogP contribution in [0.2, 0.25) is 0 Å². The number of methoxy groups -OCH3 is 1. The lowest BCUT2D eigenvalue weighted by Gasteiger charge is -2.36. The summed E-state index contributed by atoms with van der Waals surface area (Å²) in [6.45, 7) is 0.917. The first-order valence-electron chi connectivity index (χ1n) is 11.0. The molecule has 1 heterocycles. The Bertz CT molecular complexity index is 1060. The number of esters is 1. The van der Waals surface area contributed by atoms with E-state index in [1.165, 1.54) is 11.0 Å². The molecule has 2 N–H and O–H groups in total. The van der Waals surface area contributed by atoms with E-state index in [4.69, 9.17) is 26.4 Å². The highest BCUT2D eigenvalue weighted by Crippen LogP contribution is 2.13. The molecule has 0 aromatic heterocycles. The Morgan fingerprint density at radius 3 is 2.57 bits per heavy atom. The topological polar surface area (TPSA) is 106 Å². The van der Waals surface area contributed by atoms with Crippen LogP contribution in [-0.4, -0.2) is 67.3 Å². The molecule has 184 valence electrons. The molecule has 0 radical (unpaired) electrons. The first-order chi connectivity index (χ1) is 17.0. The van der Waals surface area contributed by atoms with Gasteiger partial charge < -0.3 is 24.4 Å². The van der Waals surface area contributed by atoms with Crippen molar-refractivity contribution in [3.63, 3.8) is 0 Å². The fourth-order valence-corrected chi connectivity index (χ4v) is 3.63. The second-order valence-electron chi connectivity index (χ2n) is 7.49. The third-order valence-corrected chi connectivity index (χ3v) is 5.42. The Morgan fingerprint density at radius 1 is 1.11 bits per heavy atom. The van der Waals surface area contributed by atoms with Crippen molar-refractivity contribution in [3.05, 3.63) is 66.2 Å². The molecule has 2 aromatic rings. The summed E-state index contributed by atoms with van der Waals surface area (Å²) < 4.78 is 15.8. The van der Waals surface area contributed by atoms with Crippen LogP contribution >= 0.6 is 12.2 Å². The summed E-state index contributed by atoms with van der Waals surface area (Å²) in [5, 5.41) is 5.37. The van der Waals surface area contributed by atoms with Crippen molar-refractivity contribution in [2.24, 2.45) is 0 Å². The predicted octanol–water partition coefficient (Wildman–Crippen LogP) is 1.92. The predicted molar refractivity (Wildman–Crippen MR) is 134 cm³/mol. The third kappa shape index (κ3) is 8.11. The molecule has 1 aliphatic rings. The summed E-state index contributed by atoms with van der Waals surface area (Å²) >= 11 is 5.35. The molecule has 1 atom stereocenters. The molecule has 9 nitrogen and oxygen atoms in total. The number of amides is 2. The van der Waals surface area contributed by atoms with Gasteiger partial charge in [-0.05, 0) is 48.1 Å². The van der Waals surface area contributed by atoms with Gasteiger partial charge in [0.1, 0.15) is 30.8 Å². The lowest BCUT2D eigenvalue weighted by atomic mass is 10.1. The van der Waals surface area contributed by atoms with Crippen LogP contribution in [0, 0.1) is 0 Å². The molecule has 1 saturated heterocycles. The van der Waals surface area contributed by atoms with Gasteiger partial charge in [-0.1, -0.05) is 30.3 Å². The molecule has 10 heteroatoms. The van der Waals surface area contributed by atoms with Crippen molar-refractivity contribution in [1.29, 1.82) is 0 Å². The number of piperazine rings is 1. The minimum Gasteiger partial charge on any atom is -0.497 e. The first kappa shape index (κ1) is 25.7. The van der Waals surface area contributed by atoms with Crippen LogP contribution in [0.1, 0.15) is 12.0 Å². The molecule has 2 amide bonds. The molecule has 0 saturated carbocycles. The van der Waals surface area contributed by atoms with Gasteiger partial charge in [0.2, 0.25) is 11.8 Å². The zero-order valence-electron chi connectivity index (χ0n) is 19.3. The standard InChI is InChI=1S/C25H27N3O6S/c1-32-19-10-7-18(8-11-19)9-12-22(29)27-25(35)28-14-13-26-24(31)21(28)17-23(30)34-16-15-33-20-5-3-2-4-6-20/h2-12,21H,13-17H2,1H3,(H,26,31)(H,27,29,35)/b12-9+. The van der Waals surface area contributed by atoms with Gasteiger partial charge in [0.25, 0.3) is 0 Å². The van der Waals surface area contributed by atoms with Gasteiger partial charge in [0, 0.05) is 19.2 Å². The molecule has 0 aliphatic carbocycles. The average Bonchev–Trinajstić information content (AvgIpc) is 2.87. The Kier molecular flexibility index (Phi) is 9.61. The van der Waals surface area contributed by atoms with Crippen molar-refractivity contribution >= 4 is 41.2 Å². The summed E-state index contributed by atoms with van der Waals surface area (Å²) in [6.07, 6.45) is 2.76. The van der Waals surface area contributed by atoms with Gasteiger partial charge in [-0.2, -0.15) is 0 Å². The Hall–Kier alpha value is -3.92. The number of para-hydroxylation sites is 1. The molecular formula is C25H27N3O6S. The molecule has 1 unspecified atom stereocenters. The zero-order chi connectivity index (χ0) is 25.0. The maximum Gasteiger partial charge on any atom is 0.308 e. The van der Waals surface area contributed by atoms with Crippen molar-refractivity contribution in [3.8, 4) is 11.5 Å². The number of carbonyl (C=O) groups excluding carboxylic acids is 3. The quantitative estimate of drug-likeness (QED) is 0.234. The fraction of sp³-hybridized carbons (Fsp3) is 0.280. The highest BCUT2D eigenvalue weighted by atomic mass is 32.1. The molecule has 3 rings (SSSR count). The van der Waals surface area contributed by atoms with Crippen LogP contribution in [0.15, 0.2) is 60.7 Å². The van der Waals surface area contributed by atoms with Gasteiger partial charge in [0.15, 0.2) is 5.11 Å². The van der Waals surface area contributed by atoms with E-state index in [0.717, 1.165) is 5.56 Å². The fourth-order valence-electron chi connectivity index (χ4n) is 3.32. The van der Waals surface area contributed by atoms with Gasteiger partial charge in [-0.25, -0.2) is 0 Å². The number of nitrogens with one attached hydrogen (secondary N) is 2. The summed E-state index contributed by atoms with van der Waals surface area (Å²) in [4.78, 5) is 38.6. The SMILES string of the molecule is COc1ccc(/C=C/C(=O)NC(=S)N2CCNC(=O)C2CC(=O)OCCOc2ccccc2)cc1. The van der Waals surface area contributed by atoms with Crippen LogP contribution in [0.5, 0.6) is 11.5 Å². The molecule has 35 heavy (non-hydrogen) atoms. The number of rotatable bonds is 9. The summed E-state index contributed by atoms with van der Waals surface area (Å²) in [5.41, 5.74) is 0.807. The molecular weight excluding hydrogens is 470 g/mol. The number of ether oxygens (including phenoxy) is 3. The minimum atomic E-state index is -0.885. The lowest BCUT2D eigenvalue weighted by molar-refractivity contribution is -0.148. The van der Waals surface area contributed by atoms with Gasteiger partial charge in [-0.3, -0.25) is 19.7 Å². The van der Waals surface area contributed by atoms with E-state index in [0.29, 0.717) is 24.6 Å². The molecule has 2 aromatic carbocycles. The van der Waals surface area contributed by atoms with E-state index < -0.39 is 17.9 Å². The van der Waals surface area contributed by atoms with Gasteiger partial charge in [-0.15, -0.1) is 0 Å². The second kappa shape index (κ2) is 13.1. The average molecular weight is 498 g/mol. The lowest BCUT2D eigenvalue weighted by Crippen LogP contribution is -2.60. The van der Waals surface area contributed by atoms with Crippen molar-refractivity contribution in [1.82, 2.24) is 15.5 Å². The number of hydrogen-bond donors (Lipinski definition) is 2. The summed E-state index contributed by atoms with van der Waals surface area (Å²) in [7, 11) is 1.58. The van der Waals surface area contributed by atoms with Crippen molar-refractivity contribution in [2.75, 3.05) is 33.4 Å². The van der Waals surface area contributed by atoms with E-state index in [1.807, 2.05) is 30.3 Å². The number of hydrogen-bond acceptors (Lipinski definition) is 7. The van der Waals surface area contributed by atoms with Crippen LogP contribution in [-0.2, 0) is 19.1 Å². The highest BCUT2D eigenvalue weighted by molar-refractivity contribution is 7.80. The van der Waals surface area contributed by atoms with Crippen LogP contribution < -0.4 is 20.1 Å². The summed E-state index contributed by atoms with van der Waals surface area (Å²) in [5.74, 6) is 0.00509. The number of nitrogens with zero attached hydrogens (tertiary/aromatic N) is 1. The zero-order valence-corrected chi connectivity index (χ0v) is 20.1. The maximum atomic E-state index is 12.4. The highest BCUT2D eigenvalue weighted by Gasteiger charge is 2.34. The van der Waals surface area contributed by atoms with E-state index >= 15 is 0 Å². The van der Waals surface area contributed by atoms with Crippen molar-refractivity contribution < 1.29 is 28.6 Å². The minimum absolute atomic E-state index is 0.0411. The van der Waals surface area contributed by atoms with E-state index in [9.17, 15) is 14.4 Å². The molecule has 0 bridgehead atoms. The Balaban J connectivity index is 1.49. The summed E-state index contributed by atoms with van der Waals surface area (Å²) in [6, 6.07) is 15.5. The molecule has 0 spiro atoms. The Morgan fingerprint density at radius 2 is 1.86 bits per heavy atom. The van der Waals surface area contributed by atoms with Gasteiger partial charge in [0.05, 0.1) is 13.5 Å². The first-order valence-corrected chi connectivity index (χ1v) is 11.4. The van der Waals surface area contributed by atoms with Crippen LogP contribution in [0.25, 0.3) is 6.08 Å². The Labute approximate surface area is 209 Å². The maximum absolute atomic E-state index is 12.4. The van der Waals surface area contributed by atoms with Crippen LogP contribution in [0.4, 0.5) is 0 Å².